The van der Waals surface area contributed by atoms with Crippen molar-refractivity contribution >= 4 is 11.6 Å². The third-order valence-corrected chi connectivity index (χ3v) is 2.83. The number of rotatable bonds is 7. The molecule has 1 heterocycles. The van der Waals surface area contributed by atoms with Crippen molar-refractivity contribution in [1.82, 2.24) is 5.48 Å². The van der Waals surface area contributed by atoms with E-state index >= 15 is 0 Å². The molecule has 0 amide bonds. The molecule has 0 aliphatic rings. The second kappa shape index (κ2) is 6.79. The van der Waals surface area contributed by atoms with Crippen LogP contribution in [0.1, 0.15) is 27.3 Å². The van der Waals surface area contributed by atoms with Crippen LogP contribution >= 0.6 is 0 Å². The maximum atomic E-state index is 12.2. The quantitative estimate of drug-likeness (QED) is 0.619. The number of hydroxylamine groups is 1. The zero-order chi connectivity index (χ0) is 14.4. The number of carbonyl (C=O) groups excluding carboxylic acids is 2. The van der Waals surface area contributed by atoms with Gasteiger partial charge in [0.05, 0.1) is 13.4 Å². The van der Waals surface area contributed by atoms with Crippen LogP contribution in [-0.2, 0) is 4.84 Å². The van der Waals surface area contributed by atoms with E-state index in [1.54, 1.807) is 36.4 Å². The van der Waals surface area contributed by atoms with Crippen LogP contribution in [0.15, 0.2) is 53.1 Å². The summed E-state index contributed by atoms with van der Waals surface area (Å²) in [7, 11) is 1.40. The monoisotopic (exact) mass is 273 g/mol. The molecule has 0 fully saturated rings. The van der Waals surface area contributed by atoms with Crippen molar-refractivity contribution in [1.29, 1.82) is 0 Å². The van der Waals surface area contributed by atoms with E-state index in [1.165, 1.54) is 13.4 Å². The van der Waals surface area contributed by atoms with Gasteiger partial charge >= 0.3 is 0 Å². The first-order valence-corrected chi connectivity index (χ1v) is 6.17. The number of hydrogen-bond acceptors (Lipinski definition) is 5. The van der Waals surface area contributed by atoms with Crippen LogP contribution in [0.25, 0.3) is 0 Å². The summed E-state index contributed by atoms with van der Waals surface area (Å²) in [6.45, 7) is 0. The van der Waals surface area contributed by atoms with Gasteiger partial charge in [-0.05, 0) is 12.1 Å². The summed E-state index contributed by atoms with van der Waals surface area (Å²) < 4.78 is 5.05. The van der Waals surface area contributed by atoms with Crippen molar-refractivity contribution in [2.45, 2.75) is 12.5 Å². The Kier molecular flexibility index (Phi) is 4.81. The highest BCUT2D eigenvalue weighted by molar-refractivity contribution is 6.04. The average molecular weight is 273 g/mol. The summed E-state index contributed by atoms with van der Waals surface area (Å²) in [5.74, 6) is -0.262. The number of nitrogens with one attached hydrogen (secondary N) is 1. The van der Waals surface area contributed by atoms with Crippen LogP contribution in [0.3, 0.4) is 0 Å². The fourth-order valence-corrected chi connectivity index (χ4v) is 1.85. The lowest BCUT2D eigenvalue weighted by atomic mass is 10.0. The highest BCUT2D eigenvalue weighted by Gasteiger charge is 2.25. The molecule has 1 N–H and O–H groups in total. The van der Waals surface area contributed by atoms with Gasteiger partial charge in [-0.25, -0.2) is 0 Å². The molecule has 1 aromatic heterocycles. The normalized spacial score (nSPS) is 12.1. The van der Waals surface area contributed by atoms with Crippen LogP contribution in [0.5, 0.6) is 0 Å². The van der Waals surface area contributed by atoms with Crippen molar-refractivity contribution < 1.29 is 18.8 Å². The van der Waals surface area contributed by atoms with Gasteiger partial charge < -0.3 is 9.25 Å². The molecule has 1 atom stereocenters. The standard InChI is InChI=1S/C15H15NO4/c1-19-16-12(15(18)14-8-5-9-20-14)10-13(17)11-6-3-2-4-7-11/h2-9,12,16H,10H2,1H3. The summed E-state index contributed by atoms with van der Waals surface area (Å²) in [4.78, 5) is 29.1. The van der Waals surface area contributed by atoms with Crippen LogP contribution in [0, 0.1) is 0 Å². The Hall–Kier alpha value is -2.24. The molecule has 0 bridgehead atoms. The van der Waals surface area contributed by atoms with Crippen molar-refractivity contribution in [2.75, 3.05) is 7.11 Å². The van der Waals surface area contributed by atoms with Gasteiger partial charge in [-0.2, -0.15) is 5.48 Å². The van der Waals surface area contributed by atoms with Crippen LogP contribution in [0.2, 0.25) is 0 Å². The topological polar surface area (TPSA) is 68.5 Å². The van der Waals surface area contributed by atoms with E-state index in [-0.39, 0.29) is 23.7 Å². The van der Waals surface area contributed by atoms with Gasteiger partial charge in [0.1, 0.15) is 6.04 Å². The number of hydrogen-bond donors (Lipinski definition) is 1. The predicted molar refractivity (Wildman–Crippen MR) is 72.4 cm³/mol. The molecular weight excluding hydrogens is 258 g/mol. The predicted octanol–water partition coefficient (Wildman–Crippen LogP) is 2.25. The fraction of sp³-hybridized carbons (Fsp3) is 0.200. The van der Waals surface area contributed by atoms with Gasteiger partial charge in [0, 0.05) is 12.0 Å². The number of carbonyl (C=O) groups is 2. The number of benzene rings is 1. The Morgan fingerprint density at radius 2 is 1.95 bits per heavy atom. The molecule has 5 heteroatoms. The average Bonchev–Trinajstić information content (AvgIpc) is 3.01. The molecule has 0 aliphatic carbocycles. The van der Waals surface area contributed by atoms with Gasteiger partial charge in [0.2, 0.25) is 5.78 Å². The molecule has 0 aliphatic heterocycles. The van der Waals surface area contributed by atoms with E-state index in [0.717, 1.165) is 0 Å². The summed E-state index contributed by atoms with van der Waals surface area (Å²) in [6.07, 6.45) is 1.41. The summed E-state index contributed by atoms with van der Waals surface area (Å²) in [6, 6.07) is 11.2. The van der Waals surface area contributed by atoms with E-state index in [9.17, 15) is 9.59 Å². The molecule has 2 rings (SSSR count). The number of ketones is 2. The van der Waals surface area contributed by atoms with Crippen LogP contribution in [-0.4, -0.2) is 24.7 Å². The summed E-state index contributed by atoms with van der Waals surface area (Å²) >= 11 is 0. The maximum absolute atomic E-state index is 12.2. The van der Waals surface area contributed by atoms with Crippen LogP contribution in [0.4, 0.5) is 0 Å². The van der Waals surface area contributed by atoms with E-state index in [2.05, 4.69) is 5.48 Å². The van der Waals surface area contributed by atoms with Crippen molar-refractivity contribution in [3.63, 3.8) is 0 Å². The molecule has 2 aromatic rings. The summed E-state index contributed by atoms with van der Waals surface area (Å²) in [5.41, 5.74) is 3.10. The first-order chi connectivity index (χ1) is 9.72. The molecule has 0 saturated carbocycles. The van der Waals surface area contributed by atoms with E-state index in [4.69, 9.17) is 9.25 Å². The maximum Gasteiger partial charge on any atom is 0.217 e. The first kappa shape index (κ1) is 14.2. The second-order valence-corrected chi connectivity index (χ2v) is 4.21. The highest BCUT2D eigenvalue weighted by atomic mass is 16.6. The van der Waals surface area contributed by atoms with Gasteiger partial charge in [-0.15, -0.1) is 0 Å². The van der Waals surface area contributed by atoms with Crippen LogP contribution < -0.4 is 5.48 Å². The minimum atomic E-state index is -0.779. The molecule has 0 radical (unpaired) electrons. The molecule has 104 valence electrons. The van der Waals surface area contributed by atoms with E-state index < -0.39 is 6.04 Å². The Labute approximate surface area is 116 Å². The number of Topliss-reactive ketones (excluding diaryl/α,β-unsaturated/α-hetero) is 2. The highest BCUT2D eigenvalue weighted by Crippen LogP contribution is 2.11. The Morgan fingerprint density at radius 1 is 1.20 bits per heavy atom. The van der Waals surface area contributed by atoms with Gasteiger partial charge in [0.25, 0.3) is 0 Å². The zero-order valence-corrected chi connectivity index (χ0v) is 11.0. The summed E-state index contributed by atoms with van der Waals surface area (Å²) in [5, 5.41) is 0. The fourth-order valence-electron chi connectivity index (χ4n) is 1.85. The molecule has 1 aromatic carbocycles. The lowest BCUT2D eigenvalue weighted by Gasteiger charge is -2.14. The minimum absolute atomic E-state index is 0.00259. The number of furan rings is 1. The molecular formula is C15H15NO4. The van der Waals surface area contributed by atoms with Crippen molar-refractivity contribution in [2.24, 2.45) is 0 Å². The molecule has 0 saturated heterocycles. The van der Waals surface area contributed by atoms with E-state index in [1.807, 2.05) is 6.07 Å². The molecule has 0 spiro atoms. The second-order valence-electron chi connectivity index (χ2n) is 4.21. The molecule has 1 unspecified atom stereocenters. The SMILES string of the molecule is CONC(CC(=O)c1ccccc1)C(=O)c1ccco1. The lowest BCUT2D eigenvalue weighted by Crippen LogP contribution is -2.37. The van der Waals surface area contributed by atoms with Gasteiger partial charge in [0.15, 0.2) is 11.5 Å². The van der Waals surface area contributed by atoms with Gasteiger partial charge in [-0.1, -0.05) is 30.3 Å². The van der Waals surface area contributed by atoms with Gasteiger partial charge in [-0.3, -0.25) is 9.59 Å². The third-order valence-electron chi connectivity index (χ3n) is 2.83. The Morgan fingerprint density at radius 3 is 2.55 bits per heavy atom. The largest absolute Gasteiger partial charge is 0.461 e. The lowest BCUT2D eigenvalue weighted by molar-refractivity contribution is 0.0459. The minimum Gasteiger partial charge on any atom is -0.461 e. The Bertz CT molecular complexity index is 563. The molecule has 5 nitrogen and oxygen atoms in total. The first-order valence-electron chi connectivity index (χ1n) is 6.17. The third kappa shape index (κ3) is 3.40. The van der Waals surface area contributed by atoms with Crippen molar-refractivity contribution in [3.05, 3.63) is 60.1 Å². The Balaban J connectivity index is 2.10. The molecule has 20 heavy (non-hydrogen) atoms. The van der Waals surface area contributed by atoms with Crippen molar-refractivity contribution in [3.8, 4) is 0 Å². The van der Waals surface area contributed by atoms with E-state index in [0.29, 0.717) is 5.56 Å². The zero-order valence-electron chi connectivity index (χ0n) is 11.0. The smallest absolute Gasteiger partial charge is 0.217 e.